The van der Waals surface area contributed by atoms with Crippen LogP contribution in [0.4, 0.5) is 0 Å². The minimum atomic E-state index is -0.520. The van der Waals surface area contributed by atoms with Gasteiger partial charge in [0.05, 0.1) is 5.56 Å². The first-order valence-electron chi connectivity index (χ1n) is 7.41. The third-order valence-electron chi connectivity index (χ3n) is 3.52. The van der Waals surface area contributed by atoms with Crippen molar-refractivity contribution in [3.05, 3.63) is 53.6 Å². The number of thioether (sulfide) groups is 1. The molecule has 6 heteroatoms. The highest BCUT2D eigenvalue weighted by Gasteiger charge is 2.16. The van der Waals surface area contributed by atoms with Gasteiger partial charge in [0, 0.05) is 10.5 Å². The Kier molecular flexibility index (Phi) is 5.05. The molecule has 2 aromatic carbocycles. The first kappa shape index (κ1) is 16.4. The fourth-order valence-electron chi connectivity index (χ4n) is 2.24. The number of ether oxygens (including phenoxy) is 3. The van der Waals surface area contributed by atoms with Crippen molar-refractivity contribution in [2.75, 3.05) is 26.1 Å². The Balaban J connectivity index is 1.61. The number of fused-ring (bicyclic) bond motifs is 1. The van der Waals surface area contributed by atoms with Gasteiger partial charge in [0.1, 0.15) is 13.2 Å². The molecule has 0 aromatic heterocycles. The molecule has 24 heavy (non-hydrogen) atoms. The fraction of sp³-hybridized carbons (Fsp3) is 0.222. The van der Waals surface area contributed by atoms with Crippen LogP contribution < -0.4 is 9.47 Å². The molecule has 5 nitrogen and oxygen atoms in total. The second kappa shape index (κ2) is 7.40. The molecule has 124 valence electrons. The molecule has 0 unspecified atom stereocenters. The van der Waals surface area contributed by atoms with E-state index in [9.17, 15) is 9.59 Å². The highest BCUT2D eigenvalue weighted by Crippen LogP contribution is 2.30. The van der Waals surface area contributed by atoms with Crippen molar-refractivity contribution >= 4 is 23.5 Å². The second-order valence-corrected chi connectivity index (χ2v) is 5.97. The molecule has 0 bridgehead atoms. The van der Waals surface area contributed by atoms with Gasteiger partial charge in [-0.05, 0) is 48.7 Å². The number of esters is 1. The molecule has 1 aliphatic heterocycles. The summed E-state index contributed by atoms with van der Waals surface area (Å²) >= 11 is 1.59. The Morgan fingerprint density at radius 3 is 2.38 bits per heavy atom. The normalized spacial score (nSPS) is 12.5. The van der Waals surface area contributed by atoms with E-state index in [1.54, 1.807) is 42.1 Å². The topological polar surface area (TPSA) is 61.8 Å². The second-order valence-electron chi connectivity index (χ2n) is 5.09. The van der Waals surface area contributed by atoms with Crippen molar-refractivity contribution in [2.24, 2.45) is 0 Å². The lowest BCUT2D eigenvalue weighted by atomic mass is 10.1. The molecule has 0 fully saturated rings. The van der Waals surface area contributed by atoms with Crippen molar-refractivity contribution in [2.45, 2.75) is 4.90 Å². The van der Waals surface area contributed by atoms with Gasteiger partial charge in [0.25, 0.3) is 0 Å². The molecule has 0 atom stereocenters. The molecule has 0 spiro atoms. The maximum absolute atomic E-state index is 12.2. The number of hydrogen-bond donors (Lipinski definition) is 0. The number of benzene rings is 2. The van der Waals surface area contributed by atoms with Gasteiger partial charge in [0.15, 0.2) is 23.9 Å². The lowest BCUT2D eigenvalue weighted by Gasteiger charge is -2.18. The van der Waals surface area contributed by atoms with E-state index < -0.39 is 5.97 Å². The van der Waals surface area contributed by atoms with E-state index in [0.29, 0.717) is 35.8 Å². The molecule has 1 heterocycles. The Morgan fingerprint density at radius 1 is 1.00 bits per heavy atom. The number of carbonyl (C=O) groups is 2. The summed E-state index contributed by atoms with van der Waals surface area (Å²) in [5.74, 6) is 0.337. The van der Waals surface area contributed by atoms with E-state index in [2.05, 4.69) is 0 Å². The lowest BCUT2D eigenvalue weighted by molar-refractivity contribution is 0.0474. The van der Waals surface area contributed by atoms with Crippen LogP contribution in [0.25, 0.3) is 0 Å². The van der Waals surface area contributed by atoms with Crippen LogP contribution in [0.2, 0.25) is 0 Å². The third kappa shape index (κ3) is 3.71. The SMILES string of the molecule is CSc1ccc(C(=O)OCC(=O)c2ccc3c(c2)OCCO3)cc1. The number of carbonyl (C=O) groups excluding carboxylic acids is 2. The predicted octanol–water partition coefficient (Wildman–Crippen LogP) is 3.22. The fourth-order valence-corrected chi connectivity index (χ4v) is 2.65. The van der Waals surface area contributed by atoms with E-state index in [4.69, 9.17) is 14.2 Å². The van der Waals surface area contributed by atoms with Crippen LogP contribution >= 0.6 is 11.8 Å². The van der Waals surface area contributed by atoms with Crippen LogP contribution in [0.3, 0.4) is 0 Å². The van der Waals surface area contributed by atoms with Crippen molar-refractivity contribution < 1.29 is 23.8 Å². The molecule has 0 saturated carbocycles. The quantitative estimate of drug-likeness (QED) is 0.471. The Morgan fingerprint density at radius 2 is 1.67 bits per heavy atom. The van der Waals surface area contributed by atoms with Gasteiger partial charge < -0.3 is 14.2 Å². The van der Waals surface area contributed by atoms with Crippen LogP contribution in [-0.2, 0) is 4.74 Å². The summed E-state index contributed by atoms with van der Waals surface area (Å²) in [5.41, 5.74) is 0.840. The van der Waals surface area contributed by atoms with E-state index >= 15 is 0 Å². The molecule has 0 aliphatic carbocycles. The van der Waals surface area contributed by atoms with Gasteiger partial charge in [0.2, 0.25) is 0 Å². The Bertz CT molecular complexity index is 755. The summed E-state index contributed by atoms with van der Waals surface area (Å²) in [4.78, 5) is 25.2. The summed E-state index contributed by atoms with van der Waals surface area (Å²) in [6.45, 7) is 0.627. The zero-order valence-corrected chi connectivity index (χ0v) is 13.9. The third-order valence-corrected chi connectivity index (χ3v) is 4.27. The van der Waals surface area contributed by atoms with Gasteiger partial charge >= 0.3 is 5.97 Å². The molecular weight excluding hydrogens is 328 g/mol. The van der Waals surface area contributed by atoms with Gasteiger partial charge in [-0.25, -0.2) is 4.79 Å². The maximum atomic E-state index is 12.2. The summed E-state index contributed by atoms with van der Waals surface area (Å²) < 4.78 is 15.9. The van der Waals surface area contributed by atoms with Crippen LogP contribution in [0.1, 0.15) is 20.7 Å². The van der Waals surface area contributed by atoms with Gasteiger partial charge in [-0.3, -0.25) is 4.79 Å². The molecular formula is C18H16O5S. The minimum absolute atomic E-state index is 0.291. The highest BCUT2D eigenvalue weighted by atomic mass is 32.2. The number of ketones is 1. The van der Waals surface area contributed by atoms with Crippen LogP contribution in [0.15, 0.2) is 47.4 Å². The molecule has 1 aliphatic rings. The largest absolute Gasteiger partial charge is 0.486 e. The Hall–Kier alpha value is -2.47. The average Bonchev–Trinajstić information content (AvgIpc) is 2.65. The monoisotopic (exact) mass is 344 g/mol. The summed E-state index contributed by atoms with van der Waals surface area (Å²) in [6, 6.07) is 12.0. The van der Waals surface area contributed by atoms with Gasteiger partial charge in [-0.15, -0.1) is 11.8 Å². The number of Topliss-reactive ketones (excluding diaryl/α,β-unsaturated/α-hetero) is 1. The van der Waals surface area contributed by atoms with E-state index in [0.717, 1.165) is 4.90 Å². The standard InChI is InChI=1S/C18H16O5S/c1-24-14-5-2-12(3-6-14)18(20)23-11-15(19)13-4-7-16-17(10-13)22-9-8-21-16/h2-7,10H,8-9,11H2,1H3. The van der Waals surface area contributed by atoms with Crippen molar-refractivity contribution in [3.8, 4) is 11.5 Å². The van der Waals surface area contributed by atoms with Crippen molar-refractivity contribution in [1.82, 2.24) is 0 Å². The molecule has 0 saturated heterocycles. The zero-order chi connectivity index (χ0) is 16.9. The molecule has 0 amide bonds. The van der Waals surface area contributed by atoms with Crippen molar-refractivity contribution in [1.29, 1.82) is 0 Å². The first-order valence-corrected chi connectivity index (χ1v) is 8.64. The van der Waals surface area contributed by atoms with E-state index in [-0.39, 0.29) is 12.4 Å². The maximum Gasteiger partial charge on any atom is 0.338 e. The summed E-state index contributed by atoms with van der Waals surface area (Å²) in [6.07, 6.45) is 1.96. The van der Waals surface area contributed by atoms with E-state index in [1.807, 2.05) is 18.4 Å². The zero-order valence-electron chi connectivity index (χ0n) is 13.1. The van der Waals surface area contributed by atoms with E-state index in [1.165, 1.54) is 0 Å². The van der Waals surface area contributed by atoms with Crippen molar-refractivity contribution in [3.63, 3.8) is 0 Å². The molecule has 0 radical (unpaired) electrons. The summed E-state index contributed by atoms with van der Waals surface area (Å²) in [7, 11) is 0. The summed E-state index contributed by atoms with van der Waals surface area (Å²) in [5, 5.41) is 0. The van der Waals surface area contributed by atoms with Crippen LogP contribution in [-0.4, -0.2) is 37.8 Å². The van der Waals surface area contributed by atoms with Crippen LogP contribution in [0.5, 0.6) is 11.5 Å². The first-order chi connectivity index (χ1) is 11.7. The molecule has 3 rings (SSSR count). The lowest BCUT2D eigenvalue weighted by Crippen LogP contribution is -2.17. The smallest absolute Gasteiger partial charge is 0.338 e. The molecule has 0 N–H and O–H groups in total. The van der Waals surface area contributed by atoms with Gasteiger partial charge in [-0.1, -0.05) is 0 Å². The average molecular weight is 344 g/mol. The Labute approximate surface area is 143 Å². The predicted molar refractivity (Wildman–Crippen MR) is 90.3 cm³/mol. The van der Waals surface area contributed by atoms with Crippen LogP contribution in [0, 0.1) is 0 Å². The van der Waals surface area contributed by atoms with Gasteiger partial charge in [-0.2, -0.15) is 0 Å². The number of hydrogen-bond acceptors (Lipinski definition) is 6. The number of rotatable bonds is 5. The highest BCUT2D eigenvalue weighted by molar-refractivity contribution is 7.98. The minimum Gasteiger partial charge on any atom is -0.486 e. The molecule has 2 aromatic rings.